The highest BCUT2D eigenvalue weighted by molar-refractivity contribution is 7.98. The number of hydrogen-bond acceptors (Lipinski definition) is 4. The smallest absolute Gasteiger partial charge is 0.237 e. The van der Waals surface area contributed by atoms with Crippen LogP contribution in [0.5, 0.6) is 0 Å². The summed E-state index contributed by atoms with van der Waals surface area (Å²) in [5, 5.41) is 2.92. The number of hydrogen-bond donors (Lipinski definition) is 2. The minimum absolute atomic E-state index is 0.0600. The van der Waals surface area contributed by atoms with Crippen molar-refractivity contribution in [3.8, 4) is 0 Å². The van der Waals surface area contributed by atoms with Crippen molar-refractivity contribution in [3.05, 3.63) is 35.4 Å². The van der Waals surface area contributed by atoms with Crippen molar-refractivity contribution in [2.75, 3.05) is 25.1 Å². The molecule has 0 aliphatic carbocycles. The molecular weight excluding hydrogens is 294 g/mol. The minimum atomic E-state index is -0.401. The van der Waals surface area contributed by atoms with E-state index < -0.39 is 6.04 Å². The third kappa shape index (κ3) is 5.63. The molecule has 2 rings (SSSR count). The molecule has 0 radical (unpaired) electrons. The van der Waals surface area contributed by atoms with Crippen LogP contribution in [0.15, 0.2) is 24.3 Å². The third-order valence-corrected chi connectivity index (χ3v) is 4.71. The van der Waals surface area contributed by atoms with E-state index in [4.69, 9.17) is 5.73 Å². The Morgan fingerprint density at radius 1 is 1.27 bits per heavy atom. The van der Waals surface area contributed by atoms with Gasteiger partial charge in [-0.15, -0.1) is 0 Å². The van der Waals surface area contributed by atoms with Crippen LogP contribution in [0.1, 0.15) is 30.4 Å². The molecule has 1 atom stereocenters. The Bertz CT molecular complexity index is 457. The van der Waals surface area contributed by atoms with Crippen LogP contribution < -0.4 is 11.1 Å². The zero-order valence-electron chi connectivity index (χ0n) is 13.4. The third-order valence-electron chi connectivity index (χ3n) is 4.06. The molecule has 3 N–H and O–H groups in total. The summed E-state index contributed by atoms with van der Waals surface area (Å²) < 4.78 is 0. The van der Waals surface area contributed by atoms with Crippen molar-refractivity contribution in [1.29, 1.82) is 0 Å². The molecular formula is C17H27N3OS. The first-order valence-corrected chi connectivity index (χ1v) is 9.41. The first-order chi connectivity index (χ1) is 10.7. The number of benzene rings is 1. The van der Waals surface area contributed by atoms with Gasteiger partial charge in [-0.05, 0) is 55.5 Å². The normalized spacial score (nSPS) is 16.6. The molecule has 1 heterocycles. The predicted octanol–water partition coefficient (Wildman–Crippen LogP) is 1.98. The molecule has 0 bridgehead atoms. The molecule has 1 fully saturated rings. The van der Waals surface area contributed by atoms with Gasteiger partial charge < -0.3 is 11.1 Å². The number of carbonyl (C=O) groups excluding carboxylic acids is 1. The monoisotopic (exact) mass is 321 g/mol. The van der Waals surface area contributed by atoms with Crippen molar-refractivity contribution in [2.45, 2.75) is 38.4 Å². The first kappa shape index (κ1) is 17.3. The van der Waals surface area contributed by atoms with Crippen LogP contribution >= 0.6 is 11.8 Å². The maximum atomic E-state index is 11.9. The van der Waals surface area contributed by atoms with Gasteiger partial charge >= 0.3 is 0 Å². The maximum Gasteiger partial charge on any atom is 0.237 e. The van der Waals surface area contributed by atoms with Crippen LogP contribution in [0.2, 0.25) is 0 Å². The molecule has 1 saturated heterocycles. The molecule has 1 aliphatic heterocycles. The van der Waals surface area contributed by atoms with Crippen LogP contribution in [-0.4, -0.2) is 41.9 Å². The fraction of sp³-hybridized carbons (Fsp3) is 0.588. The number of nitrogens with one attached hydrogen (secondary N) is 1. The Labute approximate surface area is 137 Å². The highest BCUT2D eigenvalue weighted by atomic mass is 32.2. The molecule has 0 unspecified atom stereocenters. The number of nitrogens with two attached hydrogens (primary N) is 1. The highest BCUT2D eigenvalue weighted by Gasteiger charge is 2.13. The largest absolute Gasteiger partial charge is 0.351 e. The zero-order valence-corrected chi connectivity index (χ0v) is 14.2. The molecule has 5 heteroatoms. The average Bonchev–Trinajstić information content (AvgIpc) is 3.04. The summed E-state index contributed by atoms with van der Waals surface area (Å²) in [5.74, 6) is 0.856. The Morgan fingerprint density at radius 3 is 2.55 bits per heavy atom. The van der Waals surface area contributed by atoms with Crippen molar-refractivity contribution in [1.82, 2.24) is 10.2 Å². The lowest BCUT2D eigenvalue weighted by Gasteiger charge is -2.15. The Balaban J connectivity index is 1.74. The number of likely N-dealkylation sites (tertiary alicyclic amines) is 1. The zero-order chi connectivity index (χ0) is 15.8. The predicted molar refractivity (Wildman–Crippen MR) is 93.8 cm³/mol. The lowest BCUT2D eigenvalue weighted by molar-refractivity contribution is -0.122. The van der Waals surface area contributed by atoms with E-state index >= 15 is 0 Å². The van der Waals surface area contributed by atoms with Crippen LogP contribution in [-0.2, 0) is 17.9 Å². The Kier molecular flexibility index (Phi) is 7.22. The van der Waals surface area contributed by atoms with Crippen LogP contribution in [0, 0.1) is 0 Å². The fourth-order valence-electron chi connectivity index (χ4n) is 2.66. The molecule has 1 aromatic rings. The van der Waals surface area contributed by atoms with E-state index in [-0.39, 0.29) is 5.91 Å². The van der Waals surface area contributed by atoms with Gasteiger partial charge in [0.1, 0.15) is 0 Å². The van der Waals surface area contributed by atoms with Crippen LogP contribution in [0.25, 0.3) is 0 Å². The maximum absolute atomic E-state index is 11.9. The second-order valence-electron chi connectivity index (χ2n) is 5.91. The Hall–Kier alpha value is -1.04. The number of amides is 1. The fourth-order valence-corrected chi connectivity index (χ4v) is 3.15. The summed E-state index contributed by atoms with van der Waals surface area (Å²) in [6.07, 6.45) is 5.39. The van der Waals surface area contributed by atoms with E-state index in [1.165, 1.54) is 31.5 Å². The van der Waals surface area contributed by atoms with E-state index in [2.05, 4.69) is 34.5 Å². The van der Waals surface area contributed by atoms with Crippen molar-refractivity contribution >= 4 is 17.7 Å². The number of carbonyl (C=O) groups is 1. The SMILES string of the molecule is CSCC[C@H](N)C(=O)NCc1ccc(CN2CCCC2)cc1. The molecule has 4 nitrogen and oxygen atoms in total. The second kappa shape index (κ2) is 9.18. The van der Waals surface area contributed by atoms with Gasteiger partial charge in [-0.25, -0.2) is 0 Å². The van der Waals surface area contributed by atoms with Crippen LogP contribution in [0.4, 0.5) is 0 Å². The summed E-state index contributed by atoms with van der Waals surface area (Å²) in [5.41, 5.74) is 8.31. The summed E-state index contributed by atoms with van der Waals surface area (Å²) in [4.78, 5) is 14.4. The number of rotatable bonds is 8. The Morgan fingerprint density at radius 2 is 1.91 bits per heavy atom. The molecule has 1 aromatic carbocycles. The van der Waals surface area contributed by atoms with Gasteiger partial charge in [0.25, 0.3) is 0 Å². The molecule has 1 amide bonds. The van der Waals surface area contributed by atoms with Crippen molar-refractivity contribution in [2.24, 2.45) is 5.73 Å². The van der Waals surface area contributed by atoms with E-state index in [0.29, 0.717) is 6.54 Å². The summed E-state index contributed by atoms with van der Waals surface area (Å²) in [6.45, 7) is 4.01. The van der Waals surface area contributed by atoms with Gasteiger partial charge in [-0.1, -0.05) is 24.3 Å². The van der Waals surface area contributed by atoms with E-state index in [0.717, 1.165) is 24.3 Å². The molecule has 1 aliphatic rings. The van der Waals surface area contributed by atoms with Gasteiger partial charge in [-0.3, -0.25) is 9.69 Å². The minimum Gasteiger partial charge on any atom is -0.351 e. The quantitative estimate of drug-likeness (QED) is 0.769. The number of nitrogens with zero attached hydrogens (tertiary/aromatic N) is 1. The highest BCUT2D eigenvalue weighted by Crippen LogP contribution is 2.13. The lowest BCUT2D eigenvalue weighted by Crippen LogP contribution is -2.40. The average molecular weight is 321 g/mol. The lowest BCUT2D eigenvalue weighted by atomic mass is 10.1. The standard InChI is InChI=1S/C17H27N3OS/c1-22-11-8-16(18)17(21)19-12-14-4-6-15(7-5-14)13-20-9-2-3-10-20/h4-7,16H,2-3,8-13,18H2,1H3,(H,19,21)/t16-/m0/s1. The first-order valence-electron chi connectivity index (χ1n) is 8.01. The van der Waals surface area contributed by atoms with Gasteiger partial charge in [0.2, 0.25) is 5.91 Å². The molecule has 122 valence electrons. The van der Waals surface area contributed by atoms with Crippen LogP contribution in [0.3, 0.4) is 0 Å². The topological polar surface area (TPSA) is 58.4 Å². The number of thioether (sulfide) groups is 1. The molecule has 0 aromatic heterocycles. The molecule has 0 saturated carbocycles. The second-order valence-corrected chi connectivity index (χ2v) is 6.89. The van der Waals surface area contributed by atoms with Gasteiger partial charge in [0, 0.05) is 13.1 Å². The van der Waals surface area contributed by atoms with Gasteiger partial charge in [0.05, 0.1) is 6.04 Å². The summed E-state index contributed by atoms with van der Waals surface area (Å²) in [7, 11) is 0. The van der Waals surface area contributed by atoms with Gasteiger partial charge in [0.15, 0.2) is 0 Å². The van der Waals surface area contributed by atoms with E-state index in [1.807, 2.05) is 6.26 Å². The van der Waals surface area contributed by atoms with Gasteiger partial charge in [-0.2, -0.15) is 11.8 Å². The van der Waals surface area contributed by atoms with E-state index in [1.54, 1.807) is 11.8 Å². The summed E-state index contributed by atoms with van der Waals surface area (Å²) >= 11 is 1.71. The van der Waals surface area contributed by atoms with Crippen molar-refractivity contribution < 1.29 is 4.79 Å². The summed E-state index contributed by atoms with van der Waals surface area (Å²) in [6, 6.07) is 8.11. The van der Waals surface area contributed by atoms with Crippen molar-refractivity contribution in [3.63, 3.8) is 0 Å². The molecule has 22 heavy (non-hydrogen) atoms. The molecule has 0 spiro atoms. The van der Waals surface area contributed by atoms with E-state index in [9.17, 15) is 4.79 Å².